The van der Waals surface area contributed by atoms with Gasteiger partial charge < -0.3 is 47.8 Å². The molecule has 0 saturated carbocycles. The van der Waals surface area contributed by atoms with Crippen LogP contribution in [0.5, 0.6) is 0 Å². The molecule has 4 amide bonds. The molecule has 0 aromatic heterocycles. The highest BCUT2D eigenvalue weighted by Gasteiger charge is 2.31. The minimum Gasteiger partial charge on any atom is -0.481 e. The average molecular weight is 477 g/mol. The Morgan fingerprint density at radius 2 is 1.18 bits per heavy atom. The van der Waals surface area contributed by atoms with E-state index in [9.17, 15) is 33.6 Å². The predicted octanol–water partition coefficient (Wildman–Crippen LogP) is -4.55. The summed E-state index contributed by atoms with van der Waals surface area (Å²) in [6.07, 6.45) is -2.86. The molecule has 0 radical (unpaired) electrons. The van der Waals surface area contributed by atoms with E-state index in [2.05, 4.69) is 5.32 Å². The normalized spacial score (nSPS) is 14.1. The van der Waals surface area contributed by atoms with Crippen LogP contribution in [-0.2, 0) is 33.6 Å². The van der Waals surface area contributed by atoms with Crippen molar-refractivity contribution in [3.05, 3.63) is 0 Å². The number of hydrogen-bond acceptors (Lipinski definition) is 9. The van der Waals surface area contributed by atoms with Crippen LogP contribution in [-0.4, -0.2) is 92.7 Å². The average Bonchev–Trinajstić information content (AvgIpc) is 2.71. The third-order valence-corrected chi connectivity index (χ3v) is 4.12. The second kappa shape index (κ2) is 14.3. The van der Waals surface area contributed by atoms with Crippen LogP contribution in [0.4, 0.5) is 0 Å². The van der Waals surface area contributed by atoms with E-state index < -0.39 is 104 Å². The Morgan fingerprint density at radius 3 is 1.64 bits per heavy atom. The molecule has 0 saturated heterocycles. The highest BCUT2D eigenvalue weighted by Crippen LogP contribution is 2.04. The first kappa shape index (κ1) is 29.2. The number of nitrogens with one attached hydrogen (secondary N) is 3. The van der Waals surface area contributed by atoms with Crippen LogP contribution in [0.15, 0.2) is 0 Å². The van der Waals surface area contributed by atoms with Gasteiger partial charge in [0.15, 0.2) is 0 Å². The van der Waals surface area contributed by atoms with Crippen molar-refractivity contribution in [2.45, 2.75) is 56.3 Å². The van der Waals surface area contributed by atoms with Gasteiger partial charge in [-0.2, -0.15) is 0 Å². The third kappa shape index (κ3) is 12.0. The van der Waals surface area contributed by atoms with Gasteiger partial charge in [0.2, 0.25) is 23.6 Å². The van der Waals surface area contributed by atoms with Gasteiger partial charge in [-0.1, -0.05) is 0 Å². The summed E-state index contributed by atoms with van der Waals surface area (Å²) in [5.74, 6) is -8.66. The molecule has 0 aromatic carbocycles. The molecule has 186 valence electrons. The number of aliphatic carboxylic acids is 3. The minimum absolute atomic E-state index is 0.401. The molecular formula is C17H27N5O11. The van der Waals surface area contributed by atoms with Crippen LogP contribution in [0.3, 0.4) is 0 Å². The fourth-order valence-corrected chi connectivity index (χ4v) is 2.37. The number of nitrogens with two attached hydrogens (primary N) is 2. The second-order valence-electron chi connectivity index (χ2n) is 6.85. The van der Waals surface area contributed by atoms with Crippen molar-refractivity contribution in [3.63, 3.8) is 0 Å². The molecule has 0 bridgehead atoms. The summed E-state index contributed by atoms with van der Waals surface area (Å²) >= 11 is 0. The van der Waals surface area contributed by atoms with E-state index in [1.54, 1.807) is 0 Å². The predicted molar refractivity (Wildman–Crippen MR) is 106 cm³/mol. The largest absolute Gasteiger partial charge is 0.481 e. The monoisotopic (exact) mass is 477 g/mol. The fourth-order valence-electron chi connectivity index (χ4n) is 2.37. The maximum absolute atomic E-state index is 12.6. The Labute approximate surface area is 186 Å². The highest BCUT2D eigenvalue weighted by molar-refractivity contribution is 5.95. The minimum atomic E-state index is -1.82. The Kier molecular flexibility index (Phi) is 12.7. The molecule has 4 unspecified atom stereocenters. The molecule has 0 heterocycles. The van der Waals surface area contributed by atoms with Gasteiger partial charge in [-0.3, -0.25) is 28.8 Å². The van der Waals surface area contributed by atoms with E-state index in [1.807, 2.05) is 10.6 Å². The van der Waals surface area contributed by atoms with Gasteiger partial charge >= 0.3 is 17.9 Å². The van der Waals surface area contributed by atoms with Gasteiger partial charge in [-0.05, 0) is 12.8 Å². The Morgan fingerprint density at radius 1 is 0.697 bits per heavy atom. The maximum atomic E-state index is 12.6. The topological polar surface area (TPSA) is 289 Å². The number of aliphatic hydroxyl groups is 1. The van der Waals surface area contributed by atoms with Crippen molar-refractivity contribution in [1.29, 1.82) is 0 Å². The van der Waals surface area contributed by atoms with E-state index in [4.69, 9.17) is 31.9 Å². The van der Waals surface area contributed by atoms with Gasteiger partial charge in [0, 0.05) is 12.8 Å². The number of rotatable bonds is 16. The smallest absolute Gasteiger partial charge is 0.326 e. The highest BCUT2D eigenvalue weighted by atomic mass is 16.4. The first-order chi connectivity index (χ1) is 15.3. The number of carboxylic acids is 3. The summed E-state index contributed by atoms with van der Waals surface area (Å²) in [6.45, 7) is -0.787. The number of primary amides is 1. The molecule has 16 heteroatoms. The molecule has 0 rings (SSSR count). The third-order valence-electron chi connectivity index (χ3n) is 4.12. The molecule has 0 spiro atoms. The van der Waals surface area contributed by atoms with Crippen LogP contribution >= 0.6 is 0 Å². The summed E-state index contributed by atoms with van der Waals surface area (Å²) in [4.78, 5) is 81.0. The molecular weight excluding hydrogens is 450 g/mol. The molecule has 33 heavy (non-hydrogen) atoms. The number of carboxylic acid groups (broad SMARTS) is 3. The van der Waals surface area contributed by atoms with E-state index in [0.29, 0.717) is 0 Å². The lowest BCUT2D eigenvalue weighted by Crippen LogP contribution is -2.57. The van der Waals surface area contributed by atoms with E-state index in [0.717, 1.165) is 0 Å². The maximum Gasteiger partial charge on any atom is 0.326 e. The summed E-state index contributed by atoms with van der Waals surface area (Å²) < 4.78 is 0. The van der Waals surface area contributed by atoms with Crippen LogP contribution < -0.4 is 27.4 Å². The summed E-state index contributed by atoms with van der Waals surface area (Å²) in [6, 6.07) is -6.45. The number of carbonyl (C=O) groups excluding carboxylic acids is 4. The quantitative estimate of drug-likeness (QED) is 0.101. The Balaban J connectivity index is 5.53. The van der Waals surface area contributed by atoms with E-state index in [-0.39, 0.29) is 0 Å². The van der Waals surface area contributed by atoms with Crippen molar-refractivity contribution in [3.8, 4) is 0 Å². The second-order valence-corrected chi connectivity index (χ2v) is 6.85. The van der Waals surface area contributed by atoms with Crippen LogP contribution in [0.2, 0.25) is 0 Å². The van der Waals surface area contributed by atoms with Gasteiger partial charge in [-0.15, -0.1) is 0 Å². The van der Waals surface area contributed by atoms with Gasteiger partial charge in [0.25, 0.3) is 0 Å². The number of hydrogen-bond donors (Lipinski definition) is 9. The first-order valence-electron chi connectivity index (χ1n) is 9.50. The zero-order valence-corrected chi connectivity index (χ0v) is 17.4. The van der Waals surface area contributed by atoms with Crippen LogP contribution in [0.1, 0.15) is 32.1 Å². The SMILES string of the molecule is NC(=O)CCC(NC(=O)C(CC(=O)O)NC(=O)C(CCC(=O)O)NC(=O)C(N)CO)C(=O)O. The fraction of sp³-hybridized carbons (Fsp3) is 0.588. The molecule has 16 nitrogen and oxygen atoms in total. The van der Waals surface area contributed by atoms with Gasteiger partial charge in [0.1, 0.15) is 24.2 Å². The summed E-state index contributed by atoms with van der Waals surface area (Å²) in [7, 11) is 0. The van der Waals surface area contributed by atoms with Crippen molar-refractivity contribution in [2.75, 3.05) is 6.61 Å². The van der Waals surface area contributed by atoms with Crippen LogP contribution in [0, 0.1) is 0 Å². The molecule has 0 aliphatic rings. The Hall–Kier alpha value is -3.79. The molecule has 0 aliphatic heterocycles. The first-order valence-corrected chi connectivity index (χ1v) is 9.50. The van der Waals surface area contributed by atoms with Gasteiger partial charge in [-0.25, -0.2) is 4.79 Å². The van der Waals surface area contributed by atoms with E-state index >= 15 is 0 Å². The zero-order valence-electron chi connectivity index (χ0n) is 17.4. The lowest BCUT2D eigenvalue weighted by molar-refractivity contribution is -0.143. The lowest BCUT2D eigenvalue weighted by Gasteiger charge is -2.24. The van der Waals surface area contributed by atoms with E-state index in [1.165, 1.54) is 0 Å². The Bertz CT molecular complexity index is 772. The number of aliphatic hydroxyl groups excluding tert-OH is 1. The van der Waals surface area contributed by atoms with Gasteiger partial charge in [0.05, 0.1) is 13.0 Å². The van der Waals surface area contributed by atoms with Crippen molar-refractivity contribution >= 4 is 41.5 Å². The zero-order chi connectivity index (χ0) is 25.7. The molecule has 11 N–H and O–H groups in total. The standard InChI is InChI=1S/C17H27N5O11/c18-7(6-23)14(29)20-8(2-4-12(25)26)15(30)22-10(5-13(27)28)16(31)21-9(17(32)33)1-3-11(19)24/h7-10,23H,1-6,18H2,(H2,19,24)(H,20,29)(H,21,31)(H,22,30)(H,25,26)(H,27,28)(H,32,33). The number of carbonyl (C=O) groups is 7. The summed E-state index contributed by atoms with van der Waals surface area (Å²) in [5.41, 5.74) is 10.3. The van der Waals surface area contributed by atoms with Crippen LogP contribution in [0.25, 0.3) is 0 Å². The lowest BCUT2D eigenvalue weighted by atomic mass is 10.1. The summed E-state index contributed by atoms with van der Waals surface area (Å²) in [5, 5.41) is 42.0. The van der Waals surface area contributed by atoms with Crippen molar-refractivity contribution < 1.29 is 54.0 Å². The molecule has 0 aromatic rings. The number of amides is 4. The van der Waals surface area contributed by atoms with Crippen molar-refractivity contribution in [2.24, 2.45) is 11.5 Å². The molecule has 4 atom stereocenters. The molecule has 0 fully saturated rings. The molecule has 0 aliphatic carbocycles. The van der Waals surface area contributed by atoms with Crippen molar-refractivity contribution in [1.82, 2.24) is 16.0 Å².